The molecule has 0 spiro atoms. The van der Waals surface area contributed by atoms with Crippen LogP contribution in [0.25, 0.3) is 11.1 Å². The predicted molar refractivity (Wildman–Crippen MR) is 65.1 cm³/mol. The predicted octanol–water partition coefficient (Wildman–Crippen LogP) is 4.40. The van der Waals surface area contributed by atoms with Gasteiger partial charge in [-0.25, -0.2) is 4.39 Å². The van der Waals surface area contributed by atoms with E-state index in [2.05, 4.69) is 4.74 Å². The Bertz CT molecular complexity index is 591. The Hall–Kier alpha value is -2.24. The van der Waals surface area contributed by atoms with Crippen molar-refractivity contribution in [3.8, 4) is 22.6 Å². The molecule has 2 aromatic carbocycles. The molecule has 0 aliphatic heterocycles. The third-order valence-corrected chi connectivity index (χ3v) is 2.57. The van der Waals surface area contributed by atoms with Crippen LogP contribution in [0.1, 0.15) is 0 Å². The van der Waals surface area contributed by atoms with E-state index in [0.29, 0.717) is 11.3 Å². The van der Waals surface area contributed by atoms with Crippen molar-refractivity contribution >= 4 is 0 Å². The molecule has 106 valence electrons. The van der Waals surface area contributed by atoms with Gasteiger partial charge in [-0.1, -0.05) is 18.2 Å². The maximum Gasteiger partial charge on any atom is 0.573 e. The average molecular weight is 286 g/mol. The van der Waals surface area contributed by atoms with E-state index in [-0.39, 0.29) is 11.3 Å². The first kappa shape index (κ1) is 14.2. The molecule has 0 N–H and O–H groups in total. The summed E-state index contributed by atoms with van der Waals surface area (Å²) in [5.74, 6) is -0.583. The summed E-state index contributed by atoms with van der Waals surface area (Å²) in [4.78, 5) is 0. The highest BCUT2D eigenvalue weighted by atomic mass is 19.4. The van der Waals surface area contributed by atoms with Gasteiger partial charge in [0.15, 0.2) is 0 Å². The number of alkyl halides is 3. The zero-order valence-corrected chi connectivity index (χ0v) is 10.4. The molecule has 6 heteroatoms. The minimum atomic E-state index is -4.75. The fraction of sp³-hybridized carbons (Fsp3) is 0.143. The highest BCUT2D eigenvalue weighted by Gasteiger charge is 2.31. The number of methoxy groups -OCH3 is 1. The van der Waals surface area contributed by atoms with Crippen molar-refractivity contribution < 1.29 is 27.0 Å². The summed E-state index contributed by atoms with van der Waals surface area (Å²) in [6.07, 6.45) is -4.75. The monoisotopic (exact) mass is 286 g/mol. The fourth-order valence-electron chi connectivity index (χ4n) is 1.78. The summed E-state index contributed by atoms with van der Waals surface area (Å²) < 4.78 is 58.7. The second kappa shape index (κ2) is 5.40. The molecule has 0 radical (unpaired) electrons. The van der Waals surface area contributed by atoms with Gasteiger partial charge in [0, 0.05) is 0 Å². The Morgan fingerprint density at radius 3 is 2.15 bits per heavy atom. The Morgan fingerprint density at radius 1 is 0.950 bits per heavy atom. The Balaban J connectivity index is 2.36. The summed E-state index contributed by atoms with van der Waals surface area (Å²) in [6, 6.07) is 9.21. The van der Waals surface area contributed by atoms with E-state index in [1.54, 1.807) is 6.07 Å². The summed E-state index contributed by atoms with van der Waals surface area (Å²) >= 11 is 0. The Kier molecular flexibility index (Phi) is 3.83. The highest BCUT2D eigenvalue weighted by molar-refractivity contribution is 5.71. The van der Waals surface area contributed by atoms with E-state index < -0.39 is 12.2 Å². The minimum Gasteiger partial charge on any atom is -0.496 e. The normalized spacial score (nSPS) is 11.2. The topological polar surface area (TPSA) is 18.5 Å². The van der Waals surface area contributed by atoms with E-state index in [9.17, 15) is 17.6 Å². The number of hydrogen-bond acceptors (Lipinski definition) is 2. The van der Waals surface area contributed by atoms with Gasteiger partial charge in [-0.15, -0.1) is 13.2 Å². The molecule has 2 aromatic rings. The van der Waals surface area contributed by atoms with Gasteiger partial charge in [0.2, 0.25) is 0 Å². The van der Waals surface area contributed by atoms with Crippen LogP contribution in [-0.2, 0) is 0 Å². The molecule has 0 amide bonds. The van der Waals surface area contributed by atoms with Crippen LogP contribution < -0.4 is 9.47 Å². The van der Waals surface area contributed by atoms with Crippen LogP contribution in [-0.4, -0.2) is 13.5 Å². The molecule has 0 atom stereocenters. The van der Waals surface area contributed by atoms with Crippen LogP contribution in [0.2, 0.25) is 0 Å². The molecule has 0 bridgehead atoms. The lowest BCUT2D eigenvalue weighted by Gasteiger charge is -2.11. The van der Waals surface area contributed by atoms with Gasteiger partial charge in [0.25, 0.3) is 0 Å². The maximum absolute atomic E-state index is 13.8. The van der Waals surface area contributed by atoms with Gasteiger partial charge >= 0.3 is 6.36 Å². The molecule has 2 rings (SSSR count). The van der Waals surface area contributed by atoms with Crippen LogP contribution in [0.15, 0.2) is 42.5 Å². The standard InChI is InChI=1S/C14H10F4O2/c1-19-12-4-2-3-11(15)13(12)9-5-7-10(8-6-9)20-14(16,17)18/h2-8H,1H3. The number of rotatable bonds is 3. The van der Waals surface area contributed by atoms with E-state index in [0.717, 1.165) is 12.1 Å². The van der Waals surface area contributed by atoms with E-state index in [1.165, 1.54) is 31.4 Å². The van der Waals surface area contributed by atoms with Crippen molar-refractivity contribution in [2.24, 2.45) is 0 Å². The molecule has 0 aromatic heterocycles. The largest absolute Gasteiger partial charge is 0.573 e. The first-order valence-electron chi connectivity index (χ1n) is 5.59. The first-order chi connectivity index (χ1) is 9.40. The molecular formula is C14H10F4O2. The molecule has 0 aliphatic rings. The van der Waals surface area contributed by atoms with Crippen LogP contribution in [0, 0.1) is 5.82 Å². The Labute approximate surface area is 112 Å². The van der Waals surface area contributed by atoms with Gasteiger partial charge < -0.3 is 9.47 Å². The molecule has 0 aliphatic carbocycles. The van der Waals surface area contributed by atoms with Crippen LogP contribution >= 0.6 is 0 Å². The van der Waals surface area contributed by atoms with Crippen molar-refractivity contribution in [2.45, 2.75) is 6.36 Å². The summed E-state index contributed by atoms with van der Waals surface area (Å²) in [5, 5.41) is 0. The van der Waals surface area contributed by atoms with Gasteiger partial charge in [-0.05, 0) is 29.8 Å². The van der Waals surface area contributed by atoms with E-state index >= 15 is 0 Å². The molecule has 0 saturated heterocycles. The molecule has 0 heterocycles. The van der Waals surface area contributed by atoms with Crippen molar-refractivity contribution in [1.29, 1.82) is 0 Å². The van der Waals surface area contributed by atoms with Crippen LogP contribution in [0.5, 0.6) is 11.5 Å². The lowest BCUT2D eigenvalue weighted by molar-refractivity contribution is -0.274. The van der Waals surface area contributed by atoms with Gasteiger partial charge in [-0.2, -0.15) is 0 Å². The van der Waals surface area contributed by atoms with Crippen molar-refractivity contribution in [3.63, 3.8) is 0 Å². The van der Waals surface area contributed by atoms with Crippen molar-refractivity contribution in [3.05, 3.63) is 48.3 Å². The van der Waals surface area contributed by atoms with Gasteiger partial charge in [0.1, 0.15) is 17.3 Å². The van der Waals surface area contributed by atoms with E-state index in [1.807, 2.05) is 0 Å². The molecule has 0 saturated carbocycles. The highest BCUT2D eigenvalue weighted by Crippen LogP contribution is 2.34. The van der Waals surface area contributed by atoms with Gasteiger partial charge in [0.05, 0.1) is 12.7 Å². The number of ether oxygens (including phenoxy) is 2. The third kappa shape index (κ3) is 3.20. The zero-order valence-electron chi connectivity index (χ0n) is 10.4. The fourth-order valence-corrected chi connectivity index (χ4v) is 1.78. The molecule has 0 unspecified atom stereocenters. The van der Waals surface area contributed by atoms with Gasteiger partial charge in [-0.3, -0.25) is 0 Å². The lowest BCUT2D eigenvalue weighted by Crippen LogP contribution is -2.16. The molecule has 2 nitrogen and oxygen atoms in total. The number of hydrogen-bond donors (Lipinski definition) is 0. The quantitative estimate of drug-likeness (QED) is 0.779. The Morgan fingerprint density at radius 2 is 1.60 bits per heavy atom. The second-order valence-electron chi connectivity index (χ2n) is 3.89. The number of benzene rings is 2. The van der Waals surface area contributed by atoms with Crippen molar-refractivity contribution in [2.75, 3.05) is 7.11 Å². The van der Waals surface area contributed by atoms with Crippen LogP contribution in [0.3, 0.4) is 0 Å². The smallest absolute Gasteiger partial charge is 0.496 e. The lowest BCUT2D eigenvalue weighted by atomic mass is 10.0. The SMILES string of the molecule is COc1cccc(F)c1-c1ccc(OC(F)(F)F)cc1. The van der Waals surface area contributed by atoms with Crippen molar-refractivity contribution in [1.82, 2.24) is 0 Å². The maximum atomic E-state index is 13.8. The number of halogens is 4. The minimum absolute atomic E-state index is 0.188. The summed E-state index contributed by atoms with van der Waals surface area (Å²) in [5.41, 5.74) is 0.586. The molecular weight excluding hydrogens is 276 g/mol. The third-order valence-electron chi connectivity index (χ3n) is 2.57. The first-order valence-corrected chi connectivity index (χ1v) is 5.59. The zero-order chi connectivity index (χ0) is 14.8. The average Bonchev–Trinajstić information content (AvgIpc) is 2.38. The molecule has 0 fully saturated rings. The molecule has 20 heavy (non-hydrogen) atoms. The summed E-state index contributed by atoms with van der Waals surface area (Å²) in [6.45, 7) is 0. The second-order valence-corrected chi connectivity index (χ2v) is 3.89. The van der Waals surface area contributed by atoms with Crippen LogP contribution in [0.4, 0.5) is 17.6 Å². The van der Waals surface area contributed by atoms with E-state index in [4.69, 9.17) is 4.74 Å². The summed E-state index contributed by atoms with van der Waals surface area (Å²) in [7, 11) is 1.39.